The maximum absolute atomic E-state index is 13.3. The third-order valence-electron chi connectivity index (χ3n) is 9.06. The van der Waals surface area contributed by atoms with Crippen molar-refractivity contribution >= 4 is 34.4 Å². The minimum absolute atomic E-state index is 0.132. The summed E-state index contributed by atoms with van der Waals surface area (Å²) in [7, 11) is 0. The molecule has 14 nitrogen and oxygen atoms in total. The second-order valence-corrected chi connectivity index (χ2v) is 13.6. The smallest absolute Gasteiger partial charge is 0.305 e. The average Bonchev–Trinajstić information content (AvgIpc) is 3.22. The van der Waals surface area contributed by atoms with E-state index in [0.717, 1.165) is 39.0 Å². The second-order valence-electron chi connectivity index (χ2n) is 13.6. The number of nitrogens with one attached hydrogen (secondary N) is 2. The lowest BCUT2D eigenvalue weighted by Crippen LogP contribution is -2.42. The first-order valence-electron chi connectivity index (χ1n) is 20.0. The van der Waals surface area contributed by atoms with Gasteiger partial charge in [-0.05, 0) is 65.6 Å². The Kier molecular flexibility index (Phi) is 20.4. The van der Waals surface area contributed by atoms with E-state index in [9.17, 15) is 19.5 Å². The van der Waals surface area contributed by atoms with Crippen molar-refractivity contribution in [2.75, 3.05) is 91.0 Å². The van der Waals surface area contributed by atoms with Gasteiger partial charge in [-0.3, -0.25) is 14.4 Å². The zero-order chi connectivity index (χ0) is 41.4. The van der Waals surface area contributed by atoms with E-state index in [2.05, 4.69) is 15.6 Å². The molecule has 0 unspecified atom stereocenters. The molecular weight excluding hydrogens is 743 g/mol. The van der Waals surface area contributed by atoms with E-state index in [1.165, 1.54) is 4.90 Å². The number of carbonyl (C=O) groups excluding carboxylic acids is 2. The Morgan fingerprint density at radius 2 is 1.48 bits per heavy atom. The van der Waals surface area contributed by atoms with Crippen molar-refractivity contribution in [2.45, 2.75) is 45.6 Å². The first-order chi connectivity index (χ1) is 28.3. The molecule has 1 aromatic heterocycles. The van der Waals surface area contributed by atoms with Crippen molar-refractivity contribution in [3.05, 3.63) is 90.1 Å². The van der Waals surface area contributed by atoms with Gasteiger partial charge >= 0.3 is 5.97 Å². The fraction of sp³-hybridized carbons (Fsp3) is 0.455. The average molecular weight is 802 g/mol. The van der Waals surface area contributed by atoms with Crippen molar-refractivity contribution in [1.29, 1.82) is 0 Å². The quantitative estimate of drug-likeness (QED) is 0.0516. The molecule has 0 fully saturated rings. The van der Waals surface area contributed by atoms with Crippen LogP contribution in [0.5, 0.6) is 5.75 Å². The molecule has 0 bridgehead atoms. The SMILES string of the molecule is CCCN(CC(=O)N[C@@H](CC(=O)O)c1ccc(-c2ccc(OCCOCCOCCOCCOCCN)c3ccccc23)cc1)C(=O)CCCNc1cc(C)ccn1. The normalized spacial score (nSPS) is 11.6. The molecule has 4 aromatic rings. The van der Waals surface area contributed by atoms with E-state index in [4.69, 9.17) is 29.4 Å². The zero-order valence-corrected chi connectivity index (χ0v) is 33.8. The Balaban J connectivity index is 1.27. The number of pyridine rings is 1. The van der Waals surface area contributed by atoms with Crippen LogP contribution in [-0.4, -0.2) is 118 Å². The summed E-state index contributed by atoms with van der Waals surface area (Å²) in [5.74, 6) is -0.106. The van der Waals surface area contributed by atoms with E-state index in [0.29, 0.717) is 97.5 Å². The minimum atomic E-state index is -1.05. The lowest BCUT2D eigenvalue weighted by molar-refractivity contribution is -0.139. The van der Waals surface area contributed by atoms with Crippen molar-refractivity contribution < 1.29 is 43.2 Å². The van der Waals surface area contributed by atoms with E-state index in [-0.39, 0.29) is 25.3 Å². The summed E-state index contributed by atoms with van der Waals surface area (Å²) in [4.78, 5) is 44.1. The number of carbonyl (C=O) groups is 3. The number of hydrogen-bond donors (Lipinski definition) is 4. The lowest BCUT2D eigenvalue weighted by Gasteiger charge is -2.24. The molecule has 1 heterocycles. The topological polar surface area (TPSA) is 184 Å². The van der Waals surface area contributed by atoms with Gasteiger partial charge in [0.1, 0.15) is 18.2 Å². The zero-order valence-electron chi connectivity index (χ0n) is 33.8. The number of hydrogen-bond acceptors (Lipinski definition) is 11. The van der Waals surface area contributed by atoms with Crippen LogP contribution in [0.15, 0.2) is 79.0 Å². The molecule has 314 valence electrons. The monoisotopic (exact) mass is 801 g/mol. The van der Waals surface area contributed by atoms with Crippen LogP contribution in [0.1, 0.15) is 49.8 Å². The molecule has 2 amide bonds. The van der Waals surface area contributed by atoms with E-state index < -0.39 is 17.9 Å². The van der Waals surface area contributed by atoms with Crippen LogP contribution in [0.2, 0.25) is 0 Å². The molecule has 0 spiro atoms. The number of amides is 2. The summed E-state index contributed by atoms with van der Waals surface area (Å²) in [6.07, 6.45) is 2.95. The van der Waals surface area contributed by atoms with Gasteiger partial charge in [0.25, 0.3) is 0 Å². The van der Waals surface area contributed by atoms with E-state index >= 15 is 0 Å². The van der Waals surface area contributed by atoms with Crippen LogP contribution in [-0.2, 0) is 33.3 Å². The Bertz CT molecular complexity index is 1840. The third-order valence-corrected chi connectivity index (χ3v) is 9.06. The highest BCUT2D eigenvalue weighted by Crippen LogP contribution is 2.35. The van der Waals surface area contributed by atoms with Crippen molar-refractivity contribution in [3.8, 4) is 16.9 Å². The van der Waals surface area contributed by atoms with Crippen LogP contribution in [0.4, 0.5) is 5.82 Å². The first-order valence-corrected chi connectivity index (χ1v) is 20.0. The molecule has 14 heteroatoms. The standard InChI is InChI=1S/C44H59N5O9/c1-3-20-49(43(51)9-6-18-46-41-30-33(2)16-19-47-41)32-42(50)48-39(31-44(52)53)35-12-10-34(11-13-35)36-14-15-40(38-8-5-4-7-37(36)38)58-29-28-57-27-26-56-25-24-55-23-22-54-21-17-45/h4-5,7-8,10-16,19,30,39H,3,6,9,17-18,20-29,31-32,45H2,1-2H3,(H,46,47)(H,48,50)(H,52,53)/t39-/m0/s1. The number of aryl methyl sites for hydroxylation is 1. The largest absolute Gasteiger partial charge is 0.491 e. The molecular formula is C44H59N5O9. The van der Waals surface area contributed by atoms with Gasteiger partial charge in [0.2, 0.25) is 11.8 Å². The number of carboxylic acid groups (broad SMARTS) is 1. The summed E-state index contributed by atoms with van der Waals surface area (Å²) in [5, 5.41) is 17.8. The predicted octanol–water partition coefficient (Wildman–Crippen LogP) is 5.38. The van der Waals surface area contributed by atoms with Gasteiger partial charge in [-0.25, -0.2) is 4.98 Å². The summed E-state index contributed by atoms with van der Waals surface area (Å²) < 4.78 is 28.0. The number of aliphatic carboxylic acids is 1. The number of nitrogens with zero attached hydrogens (tertiary/aromatic N) is 2. The molecule has 4 rings (SSSR count). The Hall–Kier alpha value is -5.12. The van der Waals surface area contributed by atoms with Gasteiger partial charge in [-0.2, -0.15) is 0 Å². The maximum atomic E-state index is 13.3. The van der Waals surface area contributed by atoms with Crippen LogP contribution in [0.25, 0.3) is 21.9 Å². The third kappa shape index (κ3) is 16.0. The number of carboxylic acids is 1. The Morgan fingerprint density at radius 1 is 0.828 bits per heavy atom. The summed E-state index contributed by atoms with van der Waals surface area (Å²) in [6.45, 7) is 9.46. The molecule has 1 atom stereocenters. The van der Waals surface area contributed by atoms with Crippen LogP contribution >= 0.6 is 0 Å². The van der Waals surface area contributed by atoms with Crippen molar-refractivity contribution in [3.63, 3.8) is 0 Å². The van der Waals surface area contributed by atoms with Crippen LogP contribution in [0.3, 0.4) is 0 Å². The predicted molar refractivity (Wildman–Crippen MR) is 224 cm³/mol. The molecule has 5 N–H and O–H groups in total. The molecule has 3 aromatic carbocycles. The fourth-order valence-corrected chi connectivity index (χ4v) is 6.25. The number of rotatable bonds is 29. The van der Waals surface area contributed by atoms with Gasteiger partial charge in [0.05, 0.1) is 71.9 Å². The highest BCUT2D eigenvalue weighted by molar-refractivity contribution is 6.00. The summed E-state index contributed by atoms with van der Waals surface area (Å²) in [5.41, 5.74) is 9.02. The lowest BCUT2D eigenvalue weighted by atomic mass is 9.95. The van der Waals surface area contributed by atoms with Gasteiger partial charge in [0.15, 0.2) is 0 Å². The van der Waals surface area contributed by atoms with Crippen LogP contribution < -0.4 is 21.1 Å². The summed E-state index contributed by atoms with van der Waals surface area (Å²) in [6, 6.07) is 22.5. The molecule has 0 radical (unpaired) electrons. The van der Waals surface area contributed by atoms with Crippen LogP contribution in [0, 0.1) is 6.92 Å². The molecule has 0 aliphatic rings. The molecule has 0 aliphatic carbocycles. The number of benzene rings is 3. The number of anilines is 1. The number of fused-ring (bicyclic) bond motifs is 1. The Morgan fingerprint density at radius 3 is 2.12 bits per heavy atom. The molecule has 0 aliphatic heterocycles. The van der Waals surface area contributed by atoms with Gasteiger partial charge in [0, 0.05) is 37.6 Å². The first kappa shape index (κ1) is 45.6. The number of aromatic nitrogens is 1. The summed E-state index contributed by atoms with van der Waals surface area (Å²) >= 11 is 0. The number of nitrogens with two attached hydrogens (primary N) is 1. The highest BCUT2D eigenvalue weighted by Gasteiger charge is 2.22. The van der Waals surface area contributed by atoms with Gasteiger partial charge < -0.3 is 50.1 Å². The fourth-order valence-electron chi connectivity index (χ4n) is 6.25. The Labute approximate surface area is 341 Å². The molecule has 0 saturated heterocycles. The minimum Gasteiger partial charge on any atom is -0.491 e. The van der Waals surface area contributed by atoms with E-state index in [1.807, 2.05) is 86.6 Å². The maximum Gasteiger partial charge on any atom is 0.305 e. The molecule has 58 heavy (non-hydrogen) atoms. The van der Waals surface area contributed by atoms with Crippen molar-refractivity contribution in [1.82, 2.24) is 15.2 Å². The second kappa shape index (κ2) is 26.0. The van der Waals surface area contributed by atoms with E-state index in [1.54, 1.807) is 6.20 Å². The van der Waals surface area contributed by atoms with Gasteiger partial charge in [-0.15, -0.1) is 0 Å². The van der Waals surface area contributed by atoms with Crippen molar-refractivity contribution in [2.24, 2.45) is 5.73 Å². The molecule has 0 saturated carbocycles. The van der Waals surface area contributed by atoms with Gasteiger partial charge in [-0.1, -0.05) is 61.5 Å². The number of ether oxygens (including phenoxy) is 5. The highest BCUT2D eigenvalue weighted by atomic mass is 16.6.